The minimum Gasteiger partial charge on any atom is -0.424 e. The van der Waals surface area contributed by atoms with Crippen molar-refractivity contribution in [2.75, 3.05) is 24.6 Å². The van der Waals surface area contributed by atoms with E-state index in [4.69, 9.17) is 4.42 Å². The van der Waals surface area contributed by atoms with Crippen LogP contribution in [0.4, 0.5) is 0 Å². The molecule has 2 heterocycles. The Kier molecular flexibility index (Phi) is 3.15. The molecule has 1 saturated heterocycles. The van der Waals surface area contributed by atoms with Gasteiger partial charge >= 0.3 is 0 Å². The van der Waals surface area contributed by atoms with Crippen molar-refractivity contribution in [3.8, 4) is 0 Å². The summed E-state index contributed by atoms with van der Waals surface area (Å²) in [5.41, 5.74) is 0. The van der Waals surface area contributed by atoms with E-state index in [1.54, 1.807) is 0 Å². The van der Waals surface area contributed by atoms with Gasteiger partial charge in [0, 0.05) is 18.2 Å². The molecule has 5 heteroatoms. The van der Waals surface area contributed by atoms with E-state index in [0.717, 1.165) is 31.4 Å². The average molecular weight is 239 g/mol. The fourth-order valence-electron chi connectivity index (χ4n) is 1.97. The summed E-state index contributed by atoms with van der Waals surface area (Å²) in [7, 11) is 0. The molecular weight excluding hydrogens is 222 g/mol. The molecule has 0 radical (unpaired) electrons. The third-order valence-corrected chi connectivity index (χ3v) is 4.13. The van der Waals surface area contributed by atoms with Crippen molar-refractivity contribution >= 4 is 11.8 Å². The van der Waals surface area contributed by atoms with Crippen LogP contribution >= 0.6 is 11.8 Å². The molecule has 88 valence electrons. The van der Waals surface area contributed by atoms with Gasteiger partial charge in [-0.1, -0.05) is 0 Å². The lowest BCUT2D eigenvalue weighted by Gasteiger charge is -2.16. The van der Waals surface area contributed by atoms with Gasteiger partial charge in [0.2, 0.25) is 11.8 Å². The van der Waals surface area contributed by atoms with Gasteiger partial charge < -0.3 is 4.42 Å². The molecule has 1 aromatic heterocycles. The van der Waals surface area contributed by atoms with E-state index in [1.165, 1.54) is 30.8 Å². The first-order chi connectivity index (χ1) is 7.92. The van der Waals surface area contributed by atoms with Gasteiger partial charge in [-0.25, -0.2) is 0 Å². The summed E-state index contributed by atoms with van der Waals surface area (Å²) < 4.78 is 5.68. The number of rotatable bonds is 3. The van der Waals surface area contributed by atoms with Crippen LogP contribution in [0.3, 0.4) is 0 Å². The summed E-state index contributed by atoms with van der Waals surface area (Å²) in [4.78, 5) is 2.42. The summed E-state index contributed by atoms with van der Waals surface area (Å²) in [6.07, 6.45) is 3.72. The quantitative estimate of drug-likeness (QED) is 0.805. The van der Waals surface area contributed by atoms with Crippen molar-refractivity contribution in [2.24, 2.45) is 0 Å². The highest BCUT2D eigenvalue weighted by atomic mass is 32.2. The monoisotopic (exact) mass is 239 g/mol. The van der Waals surface area contributed by atoms with E-state index in [9.17, 15) is 0 Å². The summed E-state index contributed by atoms with van der Waals surface area (Å²) in [6.45, 7) is 3.14. The Labute approximate surface area is 99.8 Å². The molecule has 1 aliphatic heterocycles. The molecule has 0 atom stereocenters. The maximum absolute atomic E-state index is 5.68. The summed E-state index contributed by atoms with van der Waals surface area (Å²) >= 11 is 2.04. The lowest BCUT2D eigenvalue weighted by molar-refractivity contribution is 0.253. The van der Waals surface area contributed by atoms with E-state index >= 15 is 0 Å². The maximum Gasteiger partial charge on any atom is 0.230 e. The zero-order chi connectivity index (χ0) is 10.8. The van der Waals surface area contributed by atoms with Gasteiger partial charge in [0.05, 0.1) is 6.54 Å². The highest BCUT2D eigenvalue weighted by Crippen LogP contribution is 2.39. The first-order valence-electron chi connectivity index (χ1n) is 6.04. The minimum absolute atomic E-state index is 0.570. The van der Waals surface area contributed by atoms with Gasteiger partial charge in [0.25, 0.3) is 0 Å². The Bertz CT molecular complexity index is 343. The fraction of sp³-hybridized carbons (Fsp3) is 0.818. The van der Waals surface area contributed by atoms with E-state index in [0.29, 0.717) is 5.92 Å². The largest absolute Gasteiger partial charge is 0.424 e. The van der Waals surface area contributed by atoms with Crippen molar-refractivity contribution in [1.29, 1.82) is 0 Å². The first kappa shape index (κ1) is 10.6. The Hall–Kier alpha value is -0.550. The molecular formula is C11H17N3OS. The van der Waals surface area contributed by atoms with Crippen LogP contribution in [0.2, 0.25) is 0 Å². The smallest absolute Gasteiger partial charge is 0.230 e. The third-order valence-electron chi connectivity index (χ3n) is 3.08. The molecule has 0 amide bonds. The molecule has 1 saturated carbocycles. The second kappa shape index (κ2) is 4.75. The van der Waals surface area contributed by atoms with Crippen LogP contribution in [0.1, 0.15) is 37.0 Å². The second-order valence-corrected chi connectivity index (χ2v) is 5.78. The van der Waals surface area contributed by atoms with Gasteiger partial charge in [0.1, 0.15) is 0 Å². The zero-order valence-corrected chi connectivity index (χ0v) is 10.2. The van der Waals surface area contributed by atoms with E-state index < -0.39 is 0 Å². The molecule has 0 spiro atoms. The summed E-state index contributed by atoms with van der Waals surface area (Å²) in [6, 6.07) is 0. The first-order valence-corrected chi connectivity index (χ1v) is 7.19. The predicted octanol–water partition coefficient (Wildman–Crippen LogP) is 1.89. The van der Waals surface area contributed by atoms with Crippen LogP contribution in [-0.2, 0) is 6.54 Å². The van der Waals surface area contributed by atoms with Crippen LogP contribution in [0.15, 0.2) is 4.42 Å². The Morgan fingerprint density at radius 2 is 2.19 bits per heavy atom. The van der Waals surface area contributed by atoms with Crippen molar-refractivity contribution in [3.63, 3.8) is 0 Å². The highest BCUT2D eigenvalue weighted by molar-refractivity contribution is 7.99. The van der Waals surface area contributed by atoms with Crippen LogP contribution in [0.25, 0.3) is 0 Å². The minimum atomic E-state index is 0.570. The van der Waals surface area contributed by atoms with Crippen LogP contribution in [0.5, 0.6) is 0 Å². The normalized spacial score (nSPS) is 23.2. The van der Waals surface area contributed by atoms with Crippen molar-refractivity contribution < 1.29 is 4.42 Å². The Morgan fingerprint density at radius 1 is 1.25 bits per heavy atom. The molecule has 0 unspecified atom stereocenters. The van der Waals surface area contributed by atoms with Crippen molar-refractivity contribution in [1.82, 2.24) is 15.1 Å². The highest BCUT2D eigenvalue weighted by Gasteiger charge is 2.29. The lowest BCUT2D eigenvalue weighted by Crippen LogP contribution is -2.25. The fourth-order valence-corrected chi connectivity index (χ4v) is 2.90. The third kappa shape index (κ3) is 2.58. The van der Waals surface area contributed by atoms with E-state index in [-0.39, 0.29) is 0 Å². The molecule has 3 rings (SSSR count). The molecule has 1 aliphatic carbocycles. The topological polar surface area (TPSA) is 42.2 Å². The summed E-state index contributed by atoms with van der Waals surface area (Å²) in [5.74, 6) is 4.74. The van der Waals surface area contributed by atoms with Gasteiger partial charge in [-0.05, 0) is 31.6 Å². The van der Waals surface area contributed by atoms with Gasteiger partial charge in [-0.15, -0.1) is 10.2 Å². The van der Waals surface area contributed by atoms with Gasteiger partial charge in [0.15, 0.2) is 0 Å². The van der Waals surface area contributed by atoms with Crippen molar-refractivity contribution in [3.05, 3.63) is 11.8 Å². The van der Waals surface area contributed by atoms with Crippen LogP contribution in [0, 0.1) is 0 Å². The molecule has 0 N–H and O–H groups in total. The molecule has 0 bridgehead atoms. The molecule has 1 aromatic rings. The molecule has 2 aliphatic rings. The van der Waals surface area contributed by atoms with Gasteiger partial charge in [-0.3, -0.25) is 4.90 Å². The Morgan fingerprint density at radius 3 is 3.06 bits per heavy atom. The van der Waals surface area contributed by atoms with E-state index in [2.05, 4.69) is 15.1 Å². The van der Waals surface area contributed by atoms with Gasteiger partial charge in [-0.2, -0.15) is 11.8 Å². The SMILES string of the molecule is C1CSCCN(Cc2nnc(C3CC3)o2)C1. The maximum atomic E-state index is 5.68. The number of nitrogens with zero attached hydrogens (tertiary/aromatic N) is 3. The van der Waals surface area contributed by atoms with Crippen LogP contribution < -0.4 is 0 Å². The number of thioether (sulfide) groups is 1. The second-order valence-electron chi connectivity index (χ2n) is 4.55. The Balaban J connectivity index is 1.58. The van der Waals surface area contributed by atoms with E-state index in [1.807, 2.05) is 11.8 Å². The van der Waals surface area contributed by atoms with Crippen LogP contribution in [-0.4, -0.2) is 39.7 Å². The number of hydrogen-bond donors (Lipinski definition) is 0. The molecule has 2 fully saturated rings. The van der Waals surface area contributed by atoms with Crippen molar-refractivity contribution in [2.45, 2.75) is 31.7 Å². The zero-order valence-electron chi connectivity index (χ0n) is 9.39. The molecule has 0 aromatic carbocycles. The summed E-state index contributed by atoms with van der Waals surface area (Å²) in [5, 5.41) is 8.26. The predicted molar refractivity (Wildman–Crippen MR) is 63.5 cm³/mol. The standard InChI is InChI=1S/C11H17N3OS/c1-4-14(5-7-16-6-1)8-10-12-13-11(15-10)9-2-3-9/h9H,1-8H2. The number of aromatic nitrogens is 2. The lowest BCUT2D eigenvalue weighted by atomic mass is 10.4. The average Bonchev–Trinajstić information content (AvgIpc) is 3.07. The molecule has 16 heavy (non-hydrogen) atoms. The molecule has 4 nitrogen and oxygen atoms in total. The number of hydrogen-bond acceptors (Lipinski definition) is 5.